The summed E-state index contributed by atoms with van der Waals surface area (Å²) in [6.45, 7) is 3.25. The summed E-state index contributed by atoms with van der Waals surface area (Å²) in [5.74, 6) is 1.38. The number of aromatic nitrogens is 1. The molecule has 9 nitrogen and oxygen atoms in total. The second kappa shape index (κ2) is 8.58. The molecule has 5 rings (SSSR count). The summed E-state index contributed by atoms with van der Waals surface area (Å²) in [5, 5.41) is 3.24. The van der Waals surface area contributed by atoms with E-state index >= 15 is 0 Å². The van der Waals surface area contributed by atoms with Gasteiger partial charge in [-0.1, -0.05) is 6.07 Å². The van der Waals surface area contributed by atoms with Crippen LogP contribution in [0.15, 0.2) is 41.3 Å². The number of benzene rings is 1. The summed E-state index contributed by atoms with van der Waals surface area (Å²) >= 11 is 0. The van der Waals surface area contributed by atoms with E-state index in [2.05, 4.69) is 14.9 Å². The van der Waals surface area contributed by atoms with E-state index in [1.807, 2.05) is 25.1 Å². The zero-order valence-corrected chi connectivity index (χ0v) is 19.6. The van der Waals surface area contributed by atoms with E-state index < -0.39 is 10.0 Å². The third-order valence-electron chi connectivity index (χ3n) is 6.47. The summed E-state index contributed by atoms with van der Waals surface area (Å²) in [6.07, 6.45) is 3.45. The lowest BCUT2D eigenvalue weighted by Gasteiger charge is -2.44. The zero-order chi connectivity index (χ0) is 23.2. The Morgan fingerprint density at radius 2 is 1.85 bits per heavy atom. The first-order chi connectivity index (χ1) is 15.8. The molecule has 1 saturated heterocycles. The fraction of sp³-hybridized carbons (Fsp3) is 0.478. The molecule has 2 aromatic rings. The number of hydrogen-bond acceptors (Lipinski definition) is 7. The van der Waals surface area contributed by atoms with E-state index in [0.29, 0.717) is 24.7 Å². The fourth-order valence-corrected chi connectivity index (χ4v) is 5.84. The molecule has 3 heterocycles. The summed E-state index contributed by atoms with van der Waals surface area (Å²) in [5.41, 5.74) is 1.40. The maximum absolute atomic E-state index is 12.9. The highest BCUT2D eigenvalue weighted by atomic mass is 32.2. The van der Waals surface area contributed by atoms with Gasteiger partial charge in [-0.2, -0.15) is 0 Å². The maximum atomic E-state index is 12.9. The number of hydrogen-bond donors (Lipinski definition) is 2. The predicted molar refractivity (Wildman–Crippen MR) is 126 cm³/mol. The summed E-state index contributed by atoms with van der Waals surface area (Å²) in [6, 6.07) is 10.3. The molecule has 176 valence electrons. The van der Waals surface area contributed by atoms with Gasteiger partial charge in [0.1, 0.15) is 11.9 Å². The van der Waals surface area contributed by atoms with Crippen LogP contribution in [-0.4, -0.2) is 57.7 Å². The molecule has 1 aromatic heterocycles. The minimum Gasteiger partial charge on any atom is -0.381 e. The SMILES string of the molecule is CC1C(=O)N(C)c2ccc(Nc3cccc(S(=O)(=O)NC4CC4)c3)nc2N1C1CCOCC1. The average molecular weight is 472 g/mol. The minimum absolute atomic E-state index is 0.0394. The van der Waals surface area contributed by atoms with Gasteiger partial charge in [-0.3, -0.25) is 4.79 Å². The molecule has 2 fully saturated rings. The number of ether oxygens (including phenoxy) is 1. The summed E-state index contributed by atoms with van der Waals surface area (Å²) in [7, 11) is -1.77. The van der Waals surface area contributed by atoms with Crippen molar-refractivity contribution >= 4 is 38.9 Å². The molecule has 2 aliphatic heterocycles. The third kappa shape index (κ3) is 4.42. The molecule has 1 atom stereocenters. The third-order valence-corrected chi connectivity index (χ3v) is 7.98. The highest BCUT2D eigenvalue weighted by Gasteiger charge is 2.39. The van der Waals surface area contributed by atoms with Gasteiger partial charge in [-0.05, 0) is 62.9 Å². The molecule has 10 heteroatoms. The van der Waals surface area contributed by atoms with Crippen molar-refractivity contribution in [2.45, 2.75) is 55.6 Å². The molecular formula is C23H29N5O4S. The van der Waals surface area contributed by atoms with Crippen molar-refractivity contribution in [2.75, 3.05) is 35.4 Å². The second-order valence-corrected chi connectivity index (χ2v) is 10.6. The Balaban J connectivity index is 1.44. The van der Waals surface area contributed by atoms with Gasteiger partial charge in [-0.15, -0.1) is 0 Å². The van der Waals surface area contributed by atoms with Crippen molar-refractivity contribution < 1.29 is 17.9 Å². The highest BCUT2D eigenvalue weighted by Crippen LogP contribution is 2.38. The first-order valence-electron chi connectivity index (χ1n) is 11.4. The molecule has 2 N–H and O–H groups in total. The lowest BCUT2D eigenvalue weighted by molar-refractivity contribution is -0.119. The topological polar surface area (TPSA) is 104 Å². The van der Waals surface area contributed by atoms with Crippen LogP contribution in [0.5, 0.6) is 0 Å². The quantitative estimate of drug-likeness (QED) is 0.667. The maximum Gasteiger partial charge on any atom is 0.249 e. The number of fused-ring (bicyclic) bond motifs is 1. The van der Waals surface area contributed by atoms with Crippen LogP contribution < -0.4 is 19.8 Å². The number of pyridine rings is 1. The van der Waals surface area contributed by atoms with Crippen molar-refractivity contribution in [1.82, 2.24) is 9.71 Å². The molecule has 0 spiro atoms. The van der Waals surface area contributed by atoms with Crippen LogP contribution in [0.25, 0.3) is 0 Å². The Labute approximate surface area is 194 Å². The molecule has 1 unspecified atom stereocenters. The monoisotopic (exact) mass is 471 g/mol. The van der Waals surface area contributed by atoms with Gasteiger partial charge in [0.15, 0.2) is 5.82 Å². The number of anilines is 4. The van der Waals surface area contributed by atoms with Crippen LogP contribution in [0.2, 0.25) is 0 Å². The molecule has 33 heavy (non-hydrogen) atoms. The van der Waals surface area contributed by atoms with Gasteiger partial charge in [0.2, 0.25) is 15.9 Å². The normalized spacial score (nSPS) is 21.8. The van der Waals surface area contributed by atoms with Crippen LogP contribution in [0.3, 0.4) is 0 Å². The number of rotatable bonds is 6. The van der Waals surface area contributed by atoms with Gasteiger partial charge >= 0.3 is 0 Å². The van der Waals surface area contributed by atoms with Crippen LogP contribution in [0.4, 0.5) is 23.0 Å². The van der Waals surface area contributed by atoms with Gasteiger partial charge in [-0.25, -0.2) is 18.1 Å². The first kappa shape index (κ1) is 22.1. The van der Waals surface area contributed by atoms with Gasteiger partial charge < -0.3 is 19.9 Å². The fourth-order valence-electron chi connectivity index (χ4n) is 4.49. The van der Waals surface area contributed by atoms with Crippen LogP contribution in [-0.2, 0) is 19.6 Å². The van der Waals surface area contributed by atoms with Crippen molar-refractivity contribution in [3.05, 3.63) is 36.4 Å². The first-order valence-corrected chi connectivity index (χ1v) is 12.9. The zero-order valence-electron chi connectivity index (χ0n) is 18.8. The van der Waals surface area contributed by atoms with E-state index in [9.17, 15) is 13.2 Å². The van der Waals surface area contributed by atoms with Crippen molar-refractivity contribution in [3.63, 3.8) is 0 Å². The standard InChI is InChI=1S/C23H29N5O4S/c1-15-23(29)27(2)20-8-9-21(25-22(20)28(15)18-10-12-32-13-11-18)24-17-4-3-5-19(14-17)33(30,31)26-16-6-7-16/h3-5,8-9,14-16,18,26H,6-7,10-13H2,1-2H3,(H,24,25). The van der Waals surface area contributed by atoms with E-state index in [1.165, 1.54) is 0 Å². The number of nitrogens with zero attached hydrogens (tertiary/aromatic N) is 3. The molecule has 0 bridgehead atoms. The highest BCUT2D eigenvalue weighted by molar-refractivity contribution is 7.89. The summed E-state index contributed by atoms with van der Waals surface area (Å²) < 4.78 is 33.4. The van der Waals surface area contributed by atoms with Gasteiger partial charge in [0.25, 0.3) is 0 Å². The second-order valence-electron chi connectivity index (χ2n) is 8.91. The molecule has 3 aliphatic rings. The average Bonchev–Trinajstić information content (AvgIpc) is 3.62. The smallest absolute Gasteiger partial charge is 0.249 e. The van der Waals surface area contributed by atoms with E-state index in [0.717, 1.165) is 37.2 Å². The molecule has 1 aromatic carbocycles. The van der Waals surface area contributed by atoms with Crippen LogP contribution >= 0.6 is 0 Å². The number of carbonyl (C=O) groups excluding carboxylic acids is 1. The van der Waals surface area contributed by atoms with E-state index in [4.69, 9.17) is 9.72 Å². The Morgan fingerprint density at radius 1 is 1.09 bits per heavy atom. The van der Waals surface area contributed by atoms with Gasteiger partial charge in [0, 0.05) is 38.0 Å². The molecule has 1 aliphatic carbocycles. The van der Waals surface area contributed by atoms with E-state index in [-0.39, 0.29) is 28.9 Å². The van der Waals surface area contributed by atoms with Crippen molar-refractivity contribution in [1.29, 1.82) is 0 Å². The van der Waals surface area contributed by atoms with Gasteiger partial charge in [0.05, 0.1) is 10.6 Å². The largest absolute Gasteiger partial charge is 0.381 e. The van der Waals surface area contributed by atoms with Crippen molar-refractivity contribution in [3.8, 4) is 0 Å². The minimum atomic E-state index is -3.54. The number of nitrogens with one attached hydrogen (secondary N) is 2. The van der Waals surface area contributed by atoms with E-state index in [1.54, 1.807) is 30.1 Å². The van der Waals surface area contributed by atoms with Crippen LogP contribution in [0, 0.1) is 0 Å². The Kier molecular flexibility index (Phi) is 5.75. The predicted octanol–water partition coefficient (Wildman–Crippen LogP) is 2.62. The number of carbonyl (C=O) groups is 1. The Morgan fingerprint density at radius 3 is 2.58 bits per heavy atom. The molecule has 1 amide bonds. The molecule has 1 saturated carbocycles. The Bertz CT molecular complexity index is 1160. The van der Waals surface area contributed by atoms with Crippen LogP contribution in [0.1, 0.15) is 32.6 Å². The lowest BCUT2D eigenvalue weighted by atomic mass is 10.0. The lowest BCUT2D eigenvalue weighted by Crippen LogP contribution is -2.56. The number of likely N-dealkylation sites (N-methyl/N-ethyl adjacent to an activating group) is 1. The number of amides is 1. The molecular weight excluding hydrogens is 442 g/mol. The summed E-state index contributed by atoms with van der Waals surface area (Å²) in [4.78, 5) is 21.7. The Hall–Kier alpha value is -2.69. The number of sulfonamides is 1. The van der Waals surface area contributed by atoms with Crippen molar-refractivity contribution in [2.24, 2.45) is 0 Å². The molecule has 0 radical (unpaired) electrons.